The van der Waals surface area contributed by atoms with Gasteiger partial charge in [0.15, 0.2) is 11.7 Å². The molecule has 0 saturated carbocycles. The molecule has 0 aliphatic rings. The molecule has 1 heterocycles. The summed E-state index contributed by atoms with van der Waals surface area (Å²) in [6, 6.07) is 22.6. The van der Waals surface area contributed by atoms with Gasteiger partial charge in [0.05, 0.1) is 0 Å². The highest BCUT2D eigenvalue weighted by Gasteiger charge is 2.17. The molecule has 0 aliphatic heterocycles. The Morgan fingerprint density at radius 2 is 1.79 bits per heavy atom. The van der Waals surface area contributed by atoms with E-state index in [-0.39, 0.29) is 5.91 Å². The van der Waals surface area contributed by atoms with Crippen molar-refractivity contribution >= 4 is 22.7 Å². The van der Waals surface area contributed by atoms with Gasteiger partial charge < -0.3 is 14.5 Å². The number of nitrogens with zero attached hydrogens (tertiary/aromatic N) is 1. The molecule has 1 atom stereocenters. The van der Waals surface area contributed by atoms with Gasteiger partial charge in [-0.05, 0) is 55.8 Å². The summed E-state index contributed by atoms with van der Waals surface area (Å²) >= 11 is 0. The summed E-state index contributed by atoms with van der Waals surface area (Å²) < 4.78 is 11.5. The molecule has 0 fully saturated rings. The van der Waals surface area contributed by atoms with E-state index < -0.39 is 6.10 Å². The number of para-hydroxylation sites is 3. The molecule has 0 spiro atoms. The van der Waals surface area contributed by atoms with Gasteiger partial charge in [-0.15, -0.1) is 0 Å². The van der Waals surface area contributed by atoms with Crippen molar-refractivity contribution in [2.75, 3.05) is 5.32 Å². The van der Waals surface area contributed by atoms with Crippen LogP contribution in [0.5, 0.6) is 5.75 Å². The highest BCUT2D eigenvalue weighted by molar-refractivity contribution is 5.95. The Morgan fingerprint density at radius 1 is 1.04 bits per heavy atom. The van der Waals surface area contributed by atoms with Crippen molar-refractivity contribution < 1.29 is 13.9 Å². The summed E-state index contributed by atoms with van der Waals surface area (Å²) in [5.74, 6) is 0.953. The highest BCUT2D eigenvalue weighted by atomic mass is 16.5. The Kier molecular flexibility index (Phi) is 4.81. The molecule has 28 heavy (non-hydrogen) atoms. The van der Waals surface area contributed by atoms with E-state index >= 15 is 0 Å². The van der Waals surface area contributed by atoms with E-state index in [2.05, 4.69) is 10.3 Å². The fraction of sp³-hybridized carbons (Fsp3) is 0.130. The Morgan fingerprint density at radius 3 is 2.57 bits per heavy atom. The molecule has 0 saturated heterocycles. The monoisotopic (exact) mass is 372 g/mol. The summed E-state index contributed by atoms with van der Waals surface area (Å²) in [6.45, 7) is 3.66. The number of benzene rings is 3. The van der Waals surface area contributed by atoms with Crippen LogP contribution in [0, 0.1) is 6.92 Å². The molecule has 0 aliphatic carbocycles. The molecule has 0 unspecified atom stereocenters. The van der Waals surface area contributed by atoms with E-state index in [1.54, 1.807) is 6.92 Å². The number of oxazole rings is 1. The average Bonchev–Trinajstić information content (AvgIpc) is 3.14. The van der Waals surface area contributed by atoms with Crippen molar-refractivity contribution in [3.05, 3.63) is 78.4 Å². The third kappa shape index (κ3) is 3.74. The molecule has 4 aromatic rings. The Balaban J connectivity index is 1.54. The number of rotatable bonds is 5. The second kappa shape index (κ2) is 7.56. The quantitative estimate of drug-likeness (QED) is 0.522. The molecule has 140 valence electrons. The van der Waals surface area contributed by atoms with E-state index in [0.717, 1.165) is 22.2 Å². The summed E-state index contributed by atoms with van der Waals surface area (Å²) in [5.41, 5.74) is 3.98. The number of amides is 1. The van der Waals surface area contributed by atoms with Crippen LogP contribution in [0.3, 0.4) is 0 Å². The SMILES string of the molecule is Cc1ccc(-c2nc3ccccc3o2)cc1NC(=O)[C@@H](C)Oc1ccccc1. The van der Waals surface area contributed by atoms with Crippen molar-refractivity contribution in [1.29, 1.82) is 0 Å². The van der Waals surface area contributed by atoms with E-state index in [0.29, 0.717) is 17.3 Å². The standard InChI is InChI=1S/C23H20N2O3/c1-15-12-13-17(23-25-19-10-6-7-11-21(19)28-23)14-20(15)24-22(26)16(2)27-18-8-4-3-5-9-18/h3-14,16H,1-2H3,(H,24,26)/t16-/m1/s1. The number of hydrogen-bond donors (Lipinski definition) is 1. The fourth-order valence-corrected chi connectivity index (χ4v) is 2.88. The second-order valence-electron chi connectivity index (χ2n) is 6.58. The van der Waals surface area contributed by atoms with E-state index in [1.165, 1.54) is 0 Å². The maximum Gasteiger partial charge on any atom is 0.265 e. The average molecular weight is 372 g/mol. The summed E-state index contributed by atoms with van der Waals surface area (Å²) in [4.78, 5) is 17.1. The predicted octanol–water partition coefficient (Wildman–Crippen LogP) is 5.21. The van der Waals surface area contributed by atoms with Crippen LogP contribution in [0.15, 0.2) is 77.2 Å². The van der Waals surface area contributed by atoms with Crippen LogP contribution in [0.2, 0.25) is 0 Å². The van der Waals surface area contributed by atoms with Crippen molar-refractivity contribution in [3.8, 4) is 17.2 Å². The first-order chi connectivity index (χ1) is 13.6. The number of aryl methyl sites for hydroxylation is 1. The normalized spacial score (nSPS) is 11.9. The van der Waals surface area contributed by atoms with Gasteiger partial charge in [0.1, 0.15) is 11.3 Å². The zero-order chi connectivity index (χ0) is 19.5. The molecule has 3 aromatic carbocycles. The number of aromatic nitrogens is 1. The van der Waals surface area contributed by atoms with Crippen molar-refractivity contribution in [3.63, 3.8) is 0 Å². The Hall–Kier alpha value is -3.60. The summed E-state index contributed by atoms with van der Waals surface area (Å²) in [6.07, 6.45) is -0.630. The van der Waals surface area contributed by atoms with Crippen LogP contribution in [0.25, 0.3) is 22.6 Å². The molecular weight excluding hydrogens is 352 g/mol. The summed E-state index contributed by atoms with van der Waals surface area (Å²) in [7, 11) is 0. The van der Waals surface area contributed by atoms with Gasteiger partial charge in [-0.2, -0.15) is 0 Å². The number of carbonyl (C=O) groups is 1. The number of anilines is 1. The maximum atomic E-state index is 12.6. The topological polar surface area (TPSA) is 64.4 Å². The first-order valence-electron chi connectivity index (χ1n) is 9.09. The van der Waals surface area contributed by atoms with Crippen LogP contribution >= 0.6 is 0 Å². The smallest absolute Gasteiger partial charge is 0.265 e. The lowest BCUT2D eigenvalue weighted by molar-refractivity contribution is -0.122. The number of ether oxygens (including phenoxy) is 1. The first kappa shape index (κ1) is 17.8. The largest absolute Gasteiger partial charge is 0.481 e. The molecule has 1 aromatic heterocycles. The van der Waals surface area contributed by atoms with Gasteiger partial charge in [0, 0.05) is 11.3 Å². The third-order valence-electron chi connectivity index (χ3n) is 4.46. The molecule has 1 amide bonds. The van der Waals surface area contributed by atoms with Crippen LogP contribution in [0.1, 0.15) is 12.5 Å². The molecule has 4 rings (SSSR count). The van der Waals surface area contributed by atoms with E-state index in [4.69, 9.17) is 9.15 Å². The van der Waals surface area contributed by atoms with Gasteiger partial charge in [-0.25, -0.2) is 4.98 Å². The molecule has 5 heteroatoms. The zero-order valence-electron chi connectivity index (χ0n) is 15.7. The van der Waals surface area contributed by atoms with Gasteiger partial charge >= 0.3 is 0 Å². The molecular formula is C23H20N2O3. The molecule has 0 radical (unpaired) electrons. The van der Waals surface area contributed by atoms with Gasteiger partial charge in [-0.3, -0.25) is 4.79 Å². The molecule has 1 N–H and O–H groups in total. The van der Waals surface area contributed by atoms with Crippen LogP contribution in [-0.2, 0) is 4.79 Å². The number of hydrogen-bond acceptors (Lipinski definition) is 4. The van der Waals surface area contributed by atoms with Gasteiger partial charge in [-0.1, -0.05) is 36.4 Å². The Labute approximate surface area is 163 Å². The van der Waals surface area contributed by atoms with Crippen LogP contribution < -0.4 is 10.1 Å². The third-order valence-corrected chi connectivity index (χ3v) is 4.46. The van der Waals surface area contributed by atoms with Gasteiger partial charge in [0.25, 0.3) is 5.91 Å². The predicted molar refractivity (Wildman–Crippen MR) is 109 cm³/mol. The summed E-state index contributed by atoms with van der Waals surface area (Å²) in [5, 5.41) is 2.94. The number of carbonyl (C=O) groups excluding carboxylic acids is 1. The minimum Gasteiger partial charge on any atom is -0.481 e. The maximum absolute atomic E-state index is 12.6. The first-order valence-corrected chi connectivity index (χ1v) is 9.09. The van der Waals surface area contributed by atoms with Gasteiger partial charge in [0.2, 0.25) is 5.89 Å². The lowest BCUT2D eigenvalue weighted by Gasteiger charge is -2.16. The van der Waals surface area contributed by atoms with E-state index in [9.17, 15) is 4.79 Å². The van der Waals surface area contributed by atoms with Crippen molar-refractivity contribution in [1.82, 2.24) is 4.98 Å². The number of nitrogens with one attached hydrogen (secondary N) is 1. The second-order valence-corrected chi connectivity index (χ2v) is 6.58. The van der Waals surface area contributed by atoms with Crippen molar-refractivity contribution in [2.45, 2.75) is 20.0 Å². The fourth-order valence-electron chi connectivity index (χ4n) is 2.88. The van der Waals surface area contributed by atoms with Crippen LogP contribution in [0.4, 0.5) is 5.69 Å². The number of fused-ring (bicyclic) bond motifs is 1. The highest BCUT2D eigenvalue weighted by Crippen LogP contribution is 2.28. The van der Waals surface area contributed by atoms with Crippen molar-refractivity contribution in [2.24, 2.45) is 0 Å². The van der Waals surface area contributed by atoms with E-state index in [1.807, 2.05) is 79.7 Å². The lowest BCUT2D eigenvalue weighted by Crippen LogP contribution is -2.30. The minimum atomic E-state index is -0.630. The Bertz CT molecular complexity index is 1090. The molecule has 0 bridgehead atoms. The minimum absolute atomic E-state index is 0.221. The molecule has 5 nitrogen and oxygen atoms in total. The lowest BCUT2D eigenvalue weighted by atomic mass is 10.1. The van der Waals surface area contributed by atoms with Crippen LogP contribution in [-0.4, -0.2) is 17.0 Å². The zero-order valence-corrected chi connectivity index (χ0v) is 15.7.